The molecule has 0 bridgehead atoms. The molecule has 0 aliphatic carbocycles. The van der Waals surface area contributed by atoms with E-state index in [-0.39, 0.29) is 24.2 Å². The molecule has 0 aromatic heterocycles. The lowest BCUT2D eigenvalue weighted by atomic mass is 10.1. The smallest absolute Gasteiger partial charge is 0.227 e. The zero-order valence-corrected chi connectivity index (χ0v) is 11.5. The predicted molar refractivity (Wildman–Crippen MR) is 76.7 cm³/mol. The van der Waals surface area contributed by atoms with Gasteiger partial charge >= 0.3 is 0 Å². The maximum absolute atomic E-state index is 12.1. The van der Waals surface area contributed by atoms with Gasteiger partial charge in [-0.2, -0.15) is 0 Å². The van der Waals surface area contributed by atoms with Crippen LogP contribution in [0.2, 0.25) is 0 Å². The van der Waals surface area contributed by atoms with Gasteiger partial charge in [-0.25, -0.2) is 0 Å². The number of nitrogens with one attached hydrogen (secondary N) is 1. The van der Waals surface area contributed by atoms with Crippen molar-refractivity contribution in [3.8, 4) is 5.75 Å². The third kappa shape index (κ3) is 2.82. The zero-order valence-electron chi connectivity index (χ0n) is 11.5. The standard InChI is InChI=1S/C15H18N2O3/c1-3-8-16-15(19)11-9-14(18)17(10-11)12-6-4-5-7-13(12)20-2/h3-7,11H,1,8-10H2,2H3,(H,16,19)/t11-/m1/s1. The number of hydrogen-bond acceptors (Lipinski definition) is 3. The van der Waals surface area contributed by atoms with Gasteiger partial charge in [0.05, 0.1) is 18.7 Å². The van der Waals surface area contributed by atoms with E-state index in [0.717, 1.165) is 0 Å². The van der Waals surface area contributed by atoms with E-state index in [1.807, 2.05) is 18.2 Å². The van der Waals surface area contributed by atoms with Crippen molar-refractivity contribution in [2.45, 2.75) is 6.42 Å². The lowest BCUT2D eigenvalue weighted by molar-refractivity contribution is -0.126. The van der Waals surface area contributed by atoms with Gasteiger partial charge in [0, 0.05) is 19.5 Å². The Morgan fingerprint density at radius 3 is 3.00 bits per heavy atom. The van der Waals surface area contributed by atoms with Gasteiger partial charge in [0.15, 0.2) is 0 Å². The Labute approximate surface area is 118 Å². The fourth-order valence-electron chi connectivity index (χ4n) is 2.29. The van der Waals surface area contributed by atoms with Crippen LogP contribution in [0.3, 0.4) is 0 Å². The van der Waals surface area contributed by atoms with Crippen LogP contribution in [0.1, 0.15) is 6.42 Å². The van der Waals surface area contributed by atoms with Crippen molar-refractivity contribution in [1.29, 1.82) is 0 Å². The molecule has 1 aliphatic rings. The lowest BCUT2D eigenvalue weighted by Crippen LogP contribution is -2.33. The van der Waals surface area contributed by atoms with E-state index in [2.05, 4.69) is 11.9 Å². The summed E-state index contributed by atoms with van der Waals surface area (Å²) in [5.41, 5.74) is 0.707. The minimum atomic E-state index is -0.327. The van der Waals surface area contributed by atoms with Gasteiger partial charge in [0.2, 0.25) is 11.8 Å². The van der Waals surface area contributed by atoms with Crippen molar-refractivity contribution in [3.63, 3.8) is 0 Å². The van der Waals surface area contributed by atoms with E-state index in [9.17, 15) is 9.59 Å². The van der Waals surface area contributed by atoms with Crippen LogP contribution in [0, 0.1) is 5.92 Å². The van der Waals surface area contributed by atoms with E-state index >= 15 is 0 Å². The first-order chi connectivity index (χ1) is 9.67. The Balaban J connectivity index is 2.13. The van der Waals surface area contributed by atoms with Crippen LogP contribution < -0.4 is 15.0 Å². The van der Waals surface area contributed by atoms with E-state index in [0.29, 0.717) is 24.5 Å². The molecule has 0 radical (unpaired) electrons. The van der Waals surface area contributed by atoms with Crippen LogP contribution in [0.15, 0.2) is 36.9 Å². The monoisotopic (exact) mass is 274 g/mol. The van der Waals surface area contributed by atoms with E-state index < -0.39 is 0 Å². The van der Waals surface area contributed by atoms with Crippen molar-refractivity contribution in [1.82, 2.24) is 5.32 Å². The molecule has 1 fully saturated rings. The summed E-state index contributed by atoms with van der Waals surface area (Å²) in [6, 6.07) is 7.31. The number of para-hydroxylation sites is 2. The number of hydrogen-bond donors (Lipinski definition) is 1. The largest absolute Gasteiger partial charge is 0.495 e. The summed E-state index contributed by atoms with van der Waals surface area (Å²) in [6.07, 6.45) is 1.84. The van der Waals surface area contributed by atoms with Crippen molar-refractivity contribution >= 4 is 17.5 Å². The number of nitrogens with zero attached hydrogens (tertiary/aromatic N) is 1. The predicted octanol–water partition coefficient (Wildman–Crippen LogP) is 1.35. The van der Waals surface area contributed by atoms with Crippen molar-refractivity contribution in [3.05, 3.63) is 36.9 Å². The highest BCUT2D eigenvalue weighted by atomic mass is 16.5. The third-order valence-electron chi connectivity index (χ3n) is 3.29. The summed E-state index contributed by atoms with van der Waals surface area (Å²) in [5.74, 6) is 0.129. The fourth-order valence-corrected chi connectivity index (χ4v) is 2.29. The number of amides is 2. The quantitative estimate of drug-likeness (QED) is 0.825. The fraction of sp³-hybridized carbons (Fsp3) is 0.333. The van der Waals surface area contributed by atoms with Gasteiger partial charge in [-0.3, -0.25) is 9.59 Å². The minimum absolute atomic E-state index is 0.0618. The van der Waals surface area contributed by atoms with Crippen LogP contribution in [0.5, 0.6) is 5.75 Å². The van der Waals surface area contributed by atoms with E-state index in [1.54, 1.807) is 24.2 Å². The molecule has 5 nitrogen and oxygen atoms in total. The van der Waals surface area contributed by atoms with Crippen LogP contribution in [-0.4, -0.2) is 32.0 Å². The highest BCUT2D eigenvalue weighted by Crippen LogP contribution is 2.32. The molecule has 0 saturated carbocycles. The number of carbonyl (C=O) groups excluding carboxylic acids is 2. The maximum Gasteiger partial charge on any atom is 0.227 e. The summed E-state index contributed by atoms with van der Waals surface area (Å²) in [6.45, 7) is 4.34. The first-order valence-corrected chi connectivity index (χ1v) is 6.49. The van der Waals surface area contributed by atoms with Crippen molar-refractivity contribution in [2.75, 3.05) is 25.1 Å². The molecule has 0 spiro atoms. The highest BCUT2D eigenvalue weighted by Gasteiger charge is 2.35. The zero-order chi connectivity index (χ0) is 14.5. The molecule has 5 heteroatoms. The second-order valence-corrected chi connectivity index (χ2v) is 4.61. The minimum Gasteiger partial charge on any atom is -0.495 e. The Morgan fingerprint density at radius 2 is 2.30 bits per heavy atom. The van der Waals surface area contributed by atoms with Gasteiger partial charge < -0.3 is 15.0 Å². The van der Waals surface area contributed by atoms with Crippen molar-refractivity contribution < 1.29 is 14.3 Å². The SMILES string of the molecule is C=CCNC(=O)[C@@H]1CC(=O)N(c2ccccc2OC)C1. The number of methoxy groups -OCH3 is 1. The van der Waals surface area contributed by atoms with E-state index in [1.165, 1.54) is 0 Å². The van der Waals surface area contributed by atoms with Crippen LogP contribution >= 0.6 is 0 Å². The molecule has 20 heavy (non-hydrogen) atoms. The molecule has 1 atom stereocenters. The normalized spacial score (nSPS) is 17.9. The number of benzene rings is 1. The van der Waals surface area contributed by atoms with Crippen LogP contribution in [-0.2, 0) is 9.59 Å². The summed E-state index contributed by atoms with van der Waals surface area (Å²) >= 11 is 0. The molecular formula is C15H18N2O3. The Bertz CT molecular complexity index is 528. The van der Waals surface area contributed by atoms with Gasteiger partial charge in [-0.1, -0.05) is 18.2 Å². The summed E-state index contributed by atoms with van der Waals surface area (Å²) in [5, 5.41) is 2.73. The molecule has 1 heterocycles. The molecule has 1 aromatic carbocycles. The average molecular weight is 274 g/mol. The Kier molecular flexibility index (Phi) is 4.40. The number of rotatable bonds is 5. The molecule has 2 amide bonds. The molecular weight excluding hydrogens is 256 g/mol. The van der Waals surface area contributed by atoms with Gasteiger partial charge in [-0.15, -0.1) is 6.58 Å². The second kappa shape index (κ2) is 6.23. The van der Waals surface area contributed by atoms with E-state index in [4.69, 9.17) is 4.74 Å². The Morgan fingerprint density at radius 1 is 1.55 bits per heavy atom. The summed E-state index contributed by atoms with van der Waals surface area (Å²) in [4.78, 5) is 25.6. The molecule has 1 N–H and O–H groups in total. The molecule has 2 rings (SSSR count). The topological polar surface area (TPSA) is 58.6 Å². The van der Waals surface area contributed by atoms with Crippen molar-refractivity contribution in [2.24, 2.45) is 5.92 Å². The molecule has 106 valence electrons. The number of ether oxygens (including phenoxy) is 1. The summed E-state index contributed by atoms with van der Waals surface area (Å²) < 4.78 is 5.26. The Hall–Kier alpha value is -2.30. The third-order valence-corrected chi connectivity index (χ3v) is 3.29. The number of anilines is 1. The first-order valence-electron chi connectivity index (χ1n) is 6.49. The molecule has 1 aliphatic heterocycles. The number of carbonyl (C=O) groups is 2. The second-order valence-electron chi connectivity index (χ2n) is 4.61. The first kappa shape index (κ1) is 14.1. The van der Waals surface area contributed by atoms with Crippen LogP contribution in [0.25, 0.3) is 0 Å². The highest BCUT2D eigenvalue weighted by molar-refractivity contribution is 6.01. The molecule has 1 aromatic rings. The van der Waals surface area contributed by atoms with Crippen LogP contribution in [0.4, 0.5) is 5.69 Å². The summed E-state index contributed by atoms with van der Waals surface area (Å²) in [7, 11) is 1.56. The maximum atomic E-state index is 12.1. The molecule has 0 unspecified atom stereocenters. The van der Waals surface area contributed by atoms with Gasteiger partial charge in [-0.05, 0) is 12.1 Å². The van der Waals surface area contributed by atoms with Gasteiger partial charge in [0.25, 0.3) is 0 Å². The van der Waals surface area contributed by atoms with Gasteiger partial charge in [0.1, 0.15) is 5.75 Å². The molecule has 1 saturated heterocycles. The lowest BCUT2D eigenvalue weighted by Gasteiger charge is -2.19. The average Bonchev–Trinajstić information content (AvgIpc) is 2.86.